The zero-order chi connectivity index (χ0) is 21.1. The lowest BCUT2D eigenvalue weighted by Crippen LogP contribution is -2.08. The van der Waals surface area contributed by atoms with Gasteiger partial charge in [0.15, 0.2) is 5.70 Å². The van der Waals surface area contributed by atoms with E-state index in [-0.39, 0.29) is 11.6 Å². The zero-order valence-corrected chi connectivity index (χ0v) is 16.1. The van der Waals surface area contributed by atoms with Gasteiger partial charge in [-0.25, -0.2) is 19.0 Å². The molecule has 3 aromatic carbocycles. The molecule has 4 rings (SSSR count). The first kappa shape index (κ1) is 19.5. The van der Waals surface area contributed by atoms with Crippen LogP contribution in [0.15, 0.2) is 83.5 Å². The first-order valence-electron chi connectivity index (χ1n) is 8.84. The van der Waals surface area contributed by atoms with E-state index in [9.17, 15) is 14.0 Å². The van der Waals surface area contributed by atoms with Crippen LogP contribution in [0.1, 0.15) is 21.5 Å². The van der Waals surface area contributed by atoms with Crippen molar-refractivity contribution >= 4 is 35.5 Å². The second-order valence-electron chi connectivity index (χ2n) is 6.32. The quantitative estimate of drug-likeness (QED) is 0.336. The van der Waals surface area contributed by atoms with Gasteiger partial charge in [-0.2, -0.15) is 0 Å². The SMILES string of the molecule is O=C1OC(c2cccc(F)c2)=N/C1=C/c1ccc(OC(=O)c2cccc(Cl)c2)cc1. The first-order valence-corrected chi connectivity index (χ1v) is 9.22. The lowest BCUT2D eigenvalue weighted by Gasteiger charge is -2.05. The molecule has 3 aromatic rings. The molecule has 0 aromatic heterocycles. The molecule has 0 amide bonds. The van der Waals surface area contributed by atoms with E-state index in [2.05, 4.69) is 4.99 Å². The molecule has 1 heterocycles. The number of ether oxygens (including phenoxy) is 2. The summed E-state index contributed by atoms with van der Waals surface area (Å²) in [6, 6.07) is 18.6. The molecule has 0 atom stereocenters. The summed E-state index contributed by atoms with van der Waals surface area (Å²) in [6.45, 7) is 0. The molecule has 148 valence electrons. The van der Waals surface area contributed by atoms with Crippen molar-refractivity contribution in [3.05, 3.63) is 106 Å². The van der Waals surface area contributed by atoms with Crippen LogP contribution in [-0.4, -0.2) is 17.8 Å². The molecule has 0 N–H and O–H groups in total. The molecule has 0 fully saturated rings. The van der Waals surface area contributed by atoms with E-state index in [1.165, 1.54) is 30.3 Å². The van der Waals surface area contributed by atoms with E-state index in [4.69, 9.17) is 21.1 Å². The Morgan fingerprint density at radius 3 is 2.53 bits per heavy atom. The summed E-state index contributed by atoms with van der Waals surface area (Å²) in [5.41, 5.74) is 1.43. The van der Waals surface area contributed by atoms with Crippen LogP contribution in [0.4, 0.5) is 4.39 Å². The van der Waals surface area contributed by atoms with Gasteiger partial charge < -0.3 is 9.47 Å². The van der Waals surface area contributed by atoms with Crippen LogP contribution < -0.4 is 4.74 Å². The Bertz CT molecular complexity index is 1200. The number of hydrogen-bond acceptors (Lipinski definition) is 5. The molecule has 0 saturated carbocycles. The molecule has 1 aliphatic rings. The second-order valence-corrected chi connectivity index (χ2v) is 6.75. The number of carbonyl (C=O) groups excluding carboxylic acids is 2. The highest BCUT2D eigenvalue weighted by atomic mass is 35.5. The van der Waals surface area contributed by atoms with Crippen molar-refractivity contribution in [1.82, 2.24) is 0 Å². The van der Waals surface area contributed by atoms with E-state index in [0.29, 0.717) is 27.5 Å². The smallest absolute Gasteiger partial charge is 0.363 e. The minimum atomic E-state index is -0.634. The number of cyclic esters (lactones) is 1. The van der Waals surface area contributed by atoms with Gasteiger partial charge >= 0.3 is 11.9 Å². The number of aliphatic imine (C=N–C) groups is 1. The highest BCUT2D eigenvalue weighted by molar-refractivity contribution is 6.30. The fraction of sp³-hybridized carbons (Fsp3) is 0. The Balaban J connectivity index is 1.49. The lowest BCUT2D eigenvalue weighted by atomic mass is 10.2. The Morgan fingerprint density at radius 2 is 1.80 bits per heavy atom. The van der Waals surface area contributed by atoms with Crippen LogP contribution in [0, 0.1) is 5.82 Å². The van der Waals surface area contributed by atoms with Gasteiger partial charge in [-0.3, -0.25) is 0 Å². The summed E-state index contributed by atoms with van der Waals surface area (Å²) in [5.74, 6) is -1.25. The highest BCUT2D eigenvalue weighted by Gasteiger charge is 2.24. The molecule has 7 heteroatoms. The maximum atomic E-state index is 13.4. The molecule has 0 spiro atoms. The average Bonchev–Trinajstić information content (AvgIpc) is 3.10. The predicted octanol–water partition coefficient (Wildman–Crippen LogP) is 5.04. The van der Waals surface area contributed by atoms with E-state index < -0.39 is 17.8 Å². The minimum absolute atomic E-state index is 0.0397. The number of rotatable bonds is 4. The normalized spacial score (nSPS) is 14.4. The predicted molar refractivity (Wildman–Crippen MR) is 110 cm³/mol. The van der Waals surface area contributed by atoms with Crippen LogP contribution in [0.3, 0.4) is 0 Å². The Morgan fingerprint density at radius 1 is 1.03 bits per heavy atom. The summed E-state index contributed by atoms with van der Waals surface area (Å²) in [4.78, 5) is 28.4. The van der Waals surface area contributed by atoms with Crippen molar-refractivity contribution in [2.24, 2.45) is 4.99 Å². The van der Waals surface area contributed by atoms with Gasteiger partial charge in [-0.15, -0.1) is 0 Å². The van der Waals surface area contributed by atoms with Gasteiger partial charge in [0.05, 0.1) is 5.56 Å². The van der Waals surface area contributed by atoms with Gasteiger partial charge in [-0.1, -0.05) is 35.9 Å². The fourth-order valence-electron chi connectivity index (χ4n) is 2.73. The summed E-state index contributed by atoms with van der Waals surface area (Å²) < 4.78 is 23.8. The molecule has 5 nitrogen and oxygen atoms in total. The van der Waals surface area contributed by atoms with Gasteiger partial charge in [0.2, 0.25) is 5.90 Å². The largest absolute Gasteiger partial charge is 0.423 e. The van der Waals surface area contributed by atoms with Crippen molar-refractivity contribution in [3.63, 3.8) is 0 Å². The van der Waals surface area contributed by atoms with Crippen molar-refractivity contribution < 1.29 is 23.5 Å². The van der Waals surface area contributed by atoms with E-state index in [1.807, 2.05) is 0 Å². The summed E-state index contributed by atoms with van der Waals surface area (Å²) in [7, 11) is 0. The molecule has 0 aliphatic carbocycles. The Labute approximate surface area is 176 Å². The Kier molecular flexibility index (Phi) is 5.41. The fourth-order valence-corrected chi connectivity index (χ4v) is 2.92. The van der Waals surface area contributed by atoms with Crippen LogP contribution in [0.5, 0.6) is 5.75 Å². The number of carbonyl (C=O) groups is 2. The van der Waals surface area contributed by atoms with Crippen molar-refractivity contribution in [2.75, 3.05) is 0 Å². The minimum Gasteiger partial charge on any atom is -0.423 e. The topological polar surface area (TPSA) is 65.0 Å². The molecule has 0 saturated heterocycles. The summed E-state index contributed by atoms with van der Waals surface area (Å²) in [5, 5.41) is 0.438. The first-order chi connectivity index (χ1) is 14.5. The third-order valence-electron chi connectivity index (χ3n) is 4.15. The van der Waals surface area contributed by atoms with Crippen LogP contribution in [0.2, 0.25) is 5.02 Å². The maximum Gasteiger partial charge on any atom is 0.363 e. The highest BCUT2D eigenvalue weighted by Crippen LogP contribution is 2.21. The molecule has 1 aliphatic heterocycles. The third-order valence-corrected chi connectivity index (χ3v) is 4.38. The Hall–Kier alpha value is -3.77. The molecule has 0 unspecified atom stereocenters. The van der Waals surface area contributed by atoms with Crippen LogP contribution in [-0.2, 0) is 9.53 Å². The molecule has 30 heavy (non-hydrogen) atoms. The number of halogens is 2. The van der Waals surface area contributed by atoms with E-state index >= 15 is 0 Å². The van der Waals surface area contributed by atoms with Gasteiger partial charge in [-0.05, 0) is 60.2 Å². The summed E-state index contributed by atoms with van der Waals surface area (Å²) in [6.07, 6.45) is 1.53. The van der Waals surface area contributed by atoms with Crippen LogP contribution in [0.25, 0.3) is 6.08 Å². The lowest BCUT2D eigenvalue weighted by molar-refractivity contribution is -0.129. The van der Waals surface area contributed by atoms with Crippen molar-refractivity contribution in [2.45, 2.75) is 0 Å². The van der Waals surface area contributed by atoms with E-state index in [1.54, 1.807) is 48.5 Å². The second kappa shape index (κ2) is 8.31. The average molecular weight is 422 g/mol. The monoisotopic (exact) mass is 421 g/mol. The molecule has 0 radical (unpaired) electrons. The number of esters is 2. The number of benzene rings is 3. The molecular weight excluding hydrogens is 409 g/mol. The van der Waals surface area contributed by atoms with Crippen molar-refractivity contribution in [3.8, 4) is 5.75 Å². The number of hydrogen-bond donors (Lipinski definition) is 0. The van der Waals surface area contributed by atoms with Crippen LogP contribution >= 0.6 is 11.6 Å². The van der Waals surface area contributed by atoms with E-state index in [0.717, 1.165) is 0 Å². The summed E-state index contributed by atoms with van der Waals surface area (Å²) >= 11 is 5.88. The third kappa shape index (κ3) is 4.45. The van der Waals surface area contributed by atoms with Gasteiger partial charge in [0, 0.05) is 10.6 Å². The standard InChI is InChI=1S/C23H13ClFNO4/c24-17-5-1-4-16(12-17)22(27)29-19-9-7-14(8-10-19)11-20-23(28)30-21(26-20)15-3-2-6-18(25)13-15/h1-13H/b20-11+. The maximum absolute atomic E-state index is 13.4. The molecular formula is C23H13ClFNO4. The number of nitrogens with zero attached hydrogens (tertiary/aromatic N) is 1. The molecule has 0 bridgehead atoms. The van der Waals surface area contributed by atoms with Crippen molar-refractivity contribution in [1.29, 1.82) is 0 Å². The zero-order valence-electron chi connectivity index (χ0n) is 15.3. The van der Waals surface area contributed by atoms with Gasteiger partial charge in [0.25, 0.3) is 0 Å². The van der Waals surface area contributed by atoms with Gasteiger partial charge in [0.1, 0.15) is 11.6 Å².